The van der Waals surface area contributed by atoms with Crippen LogP contribution < -0.4 is 30.9 Å². The molecule has 4 aliphatic rings. The fraction of sp³-hybridized carbons (Fsp3) is 0.250. The van der Waals surface area contributed by atoms with Gasteiger partial charge in [0.2, 0.25) is 5.78 Å². The Balaban J connectivity index is 1.24. The Morgan fingerprint density at radius 3 is 2.23 bits per heavy atom. The van der Waals surface area contributed by atoms with Crippen molar-refractivity contribution in [1.29, 1.82) is 0 Å². The van der Waals surface area contributed by atoms with Crippen molar-refractivity contribution in [3.8, 4) is 0 Å². The first kappa shape index (κ1) is 29.2. The standard InChI is InChI=1S/C40H38B2N4O2/c1-23-20-24(2)22-28(21-23)41-43-31-14-8-10-25-16-18-29(37(44-41)33(25)31)35-39(47)36(40(35)48)30-19-17-26-11-9-15-32-34(26)38(30)46(4)42(45(32)3)27-12-6-5-7-13-27/h5-19,23-24,28,43,47H,20-22H2,1-4H3/b35-29+. The van der Waals surface area contributed by atoms with E-state index >= 15 is 0 Å². The maximum atomic E-state index is 14.4. The number of aliphatic hydroxyl groups excluding tert-OH is 1. The molecule has 0 aromatic heterocycles. The minimum absolute atomic E-state index is 0.0509. The summed E-state index contributed by atoms with van der Waals surface area (Å²) in [6, 6.07) is 31.2. The molecule has 0 amide bonds. The van der Waals surface area contributed by atoms with Gasteiger partial charge in [0.1, 0.15) is 5.76 Å². The number of anilines is 3. The predicted molar refractivity (Wildman–Crippen MR) is 201 cm³/mol. The zero-order chi connectivity index (χ0) is 32.8. The van der Waals surface area contributed by atoms with Crippen LogP contribution in [0, 0.1) is 11.8 Å². The normalized spacial score (nSPS) is 23.0. The molecule has 2 atom stereocenters. The zero-order valence-electron chi connectivity index (χ0n) is 27.9. The van der Waals surface area contributed by atoms with Gasteiger partial charge in [0, 0.05) is 38.6 Å². The summed E-state index contributed by atoms with van der Waals surface area (Å²) >= 11 is 0. The van der Waals surface area contributed by atoms with Crippen molar-refractivity contribution in [3.05, 3.63) is 113 Å². The van der Waals surface area contributed by atoms with E-state index in [0.29, 0.717) is 28.8 Å². The Labute approximate surface area is 281 Å². The van der Waals surface area contributed by atoms with E-state index in [1.54, 1.807) is 0 Å². The zero-order valence-corrected chi connectivity index (χ0v) is 27.9. The molecule has 8 heteroatoms. The van der Waals surface area contributed by atoms with E-state index in [1.165, 1.54) is 6.42 Å². The number of carbonyl (C=O) groups is 1. The van der Waals surface area contributed by atoms with Crippen LogP contribution in [0.1, 0.15) is 38.7 Å². The highest BCUT2D eigenvalue weighted by molar-refractivity contribution is 6.81. The molecule has 0 radical (unpaired) electrons. The molecule has 2 aliphatic carbocycles. The highest BCUT2D eigenvalue weighted by atomic mass is 16.3. The average molecular weight is 628 g/mol. The summed E-state index contributed by atoms with van der Waals surface area (Å²) in [6.45, 7) is 4.54. The molecule has 2 N–H and O–H groups in total. The van der Waals surface area contributed by atoms with Gasteiger partial charge in [-0.15, -0.1) is 0 Å². The SMILES string of the molecule is CC1CC(C)CC(B2N=c3/c(=C4/C(=O)C(c5ccc6cccc7c6c5N(C)B(c5ccccc5)N7C)=C4O)ccc4cccc(c34)N2)C1. The van der Waals surface area contributed by atoms with E-state index in [9.17, 15) is 9.90 Å². The fourth-order valence-corrected chi connectivity index (χ4v) is 9.33. The first-order chi connectivity index (χ1) is 23.3. The summed E-state index contributed by atoms with van der Waals surface area (Å²) in [5.74, 6) is 1.64. The van der Waals surface area contributed by atoms with E-state index in [2.05, 4.69) is 110 Å². The van der Waals surface area contributed by atoms with Gasteiger partial charge < -0.3 is 24.9 Å². The topological polar surface area (TPSA) is 68.2 Å². The first-order valence-corrected chi connectivity index (χ1v) is 17.3. The molecule has 6 nitrogen and oxygen atoms in total. The van der Waals surface area contributed by atoms with Gasteiger partial charge in [-0.3, -0.25) is 4.79 Å². The van der Waals surface area contributed by atoms with Crippen LogP contribution in [0.5, 0.6) is 0 Å². The molecular weight excluding hydrogens is 590 g/mol. The maximum Gasteiger partial charge on any atom is 0.410 e. The van der Waals surface area contributed by atoms with Crippen molar-refractivity contribution in [3.63, 3.8) is 0 Å². The largest absolute Gasteiger partial charge is 0.506 e. The molecule has 236 valence electrons. The lowest BCUT2D eigenvalue weighted by Crippen LogP contribution is -2.60. The summed E-state index contributed by atoms with van der Waals surface area (Å²) in [6.07, 6.45) is 3.51. The number of hydrogen-bond donors (Lipinski definition) is 2. The van der Waals surface area contributed by atoms with Crippen molar-refractivity contribution in [2.24, 2.45) is 16.7 Å². The Hall–Kier alpha value is -4.97. The molecule has 5 aromatic carbocycles. The van der Waals surface area contributed by atoms with Gasteiger partial charge in [0.05, 0.1) is 16.5 Å². The van der Waals surface area contributed by atoms with Crippen LogP contribution in [0.15, 0.2) is 102 Å². The number of benzene rings is 5. The predicted octanol–water partition coefficient (Wildman–Crippen LogP) is 6.34. The van der Waals surface area contributed by atoms with Gasteiger partial charge in [-0.25, -0.2) is 0 Å². The second-order valence-corrected chi connectivity index (χ2v) is 14.5. The summed E-state index contributed by atoms with van der Waals surface area (Å²) in [7, 11) is 4.21. The number of rotatable bonds is 3. The highest BCUT2D eigenvalue weighted by Gasteiger charge is 2.42. The second kappa shape index (κ2) is 10.8. The molecule has 5 aromatic rings. The number of ketones is 1. The molecule has 1 fully saturated rings. The van der Waals surface area contributed by atoms with E-state index in [-0.39, 0.29) is 25.5 Å². The number of carbonyl (C=O) groups excluding carboxylic acids is 1. The van der Waals surface area contributed by atoms with Crippen LogP contribution >= 0.6 is 0 Å². The van der Waals surface area contributed by atoms with Gasteiger partial charge in [-0.1, -0.05) is 106 Å². The minimum atomic E-state index is -0.137. The molecule has 2 aliphatic heterocycles. The van der Waals surface area contributed by atoms with Gasteiger partial charge >= 0.3 is 14.0 Å². The van der Waals surface area contributed by atoms with Crippen LogP contribution in [0.4, 0.5) is 17.1 Å². The molecule has 2 heterocycles. The van der Waals surface area contributed by atoms with Gasteiger partial charge in [-0.05, 0) is 66.5 Å². The Morgan fingerprint density at radius 1 is 0.771 bits per heavy atom. The molecule has 9 rings (SSSR count). The third kappa shape index (κ3) is 4.21. The average Bonchev–Trinajstić information content (AvgIpc) is 3.08. The highest BCUT2D eigenvalue weighted by Crippen LogP contribution is 2.48. The lowest BCUT2D eigenvalue weighted by atomic mass is 9.54. The van der Waals surface area contributed by atoms with Crippen LogP contribution in [-0.4, -0.2) is 39.0 Å². The Kier molecular flexibility index (Phi) is 6.55. The van der Waals surface area contributed by atoms with Crippen molar-refractivity contribution >= 4 is 75.0 Å². The van der Waals surface area contributed by atoms with Gasteiger partial charge in [0.15, 0.2) is 0 Å². The van der Waals surface area contributed by atoms with E-state index < -0.39 is 0 Å². The quantitative estimate of drug-likeness (QED) is 0.229. The number of nitrogens with zero attached hydrogens (tertiary/aromatic N) is 3. The molecule has 0 saturated heterocycles. The molecule has 1 saturated carbocycles. The number of nitrogens with one attached hydrogen (secondary N) is 1. The van der Waals surface area contributed by atoms with Crippen LogP contribution in [0.25, 0.3) is 32.7 Å². The van der Waals surface area contributed by atoms with Crippen molar-refractivity contribution in [1.82, 2.24) is 0 Å². The molecular formula is C40H38B2N4O2. The number of allylic oxidation sites excluding steroid dienone is 2. The summed E-state index contributed by atoms with van der Waals surface area (Å²) in [4.78, 5) is 24.3. The van der Waals surface area contributed by atoms with E-state index in [1.807, 2.05) is 24.3 Å². The van der Waals surface area contributed by atoms with Crippen molar-refractivity contribution in [2.75, 3.05) is 28.9 Å². The van der Waals surface area contributed by atoms with Crippen molar-refractivity contribution in [2.45, 2.75) is 38.9 Å². The third-order valence-electron chi connectivity index (χ3n) is 11.3. The molecule has 2 unspecified atom stereocenters. The van der Waals surface area contributed by atoms with Crippen LogP contribution in [0.3, 0.4) is 0 Å². The molecule has 0 bridgehead atoms. The molecule has 48 heavy (non-hydrogen) atoms. The van der Waals surface area contributed by atoms with Gasteiger partial charge in [-0.2, -0.15) is 0 Å². The summed E-state index contributed by atoms with van der Waals surface area (Å²) in [5, 5.41) is 21.5. The Morgan fingerprint density at radius 2 is 1.48 bits per heavy atom. The molecule has 0 spiro atoms. The fourth-order valence-electron chi connectivity index (χ4n) is 9.33. The number of hydrogen-bond acceptors (Lipinski definition) is 6. The van der Waals surface area contributed by atoms with Crippen LogP contribution in [-0.2, 0) is 4.79 Å². The smallest absolute Gasteiger partial charge is 0.410 e. The monoisotopic (exact) mass is 628 g/mol. The number of Topliss-reactive ketones (excluding diaryl/α,β-unsaturated/α-hetero) is 1. The van der Waals surface area contributed by atoms with Gasteiger partial charge in [0.25, 0.3) is 0 Å². The summed E-state index contributed by atoms with van der Waals surface area (Å²) < 4.78 is 0. The first-order valence-electron chi connectivity index (χ1n) is 17.3. The minimum Gasteiger partial charge on any atom is -0.506 e. The second-order valence-electron chi connectivity index (χ2n) is 14.5. The van der Waals surface area contributed by atoms with E-state index in [0.717, 1.165) is 73.1 Å². The maximum absolute atomic E-state index is 14.4. The lowest BCUT2D eigenvalue weighted by Gasteiger charge is -2.42. The Bertz CT molecular complexity index is 2330. The number of aliphatic hydroxyl groups is 1. The lowest BCUT2D eigenvalue weighted by molar-refractivity contribution is -0.109. The van der Waals surface area contributed by atoms with Crippen molar-refractivity contribution < 1.29 is 9.90 Å². The van der Waals surface area contributed by atoms with Crippen LogP contribution in [0.2, 0.25) is 5.82 Å². The summed E-state index contributed by atoms with van der Waals surface area (Å²) in [5.41, 5.74) is 5.76. The third-order valence-corrected chi connectivity index (χ3v) is 11.3. The van der Waals surface area contributed by atoms with E-state index in [4.69, 9.17) is 4.90 Å².